The number of carbonyl (C=O) groups excluding carboxylic acids is 1. The van der Waals surface area contributed by atoms with Crippen molar-refractivity contribution in [3.63, 3.8) is 0 Å². The summed E-state index contributed by atoms with van der Waals surface area (Å²) in [6, 6.07) is 13.8. The van der Waals surface area contributed by atoms with Gasteiger partial charge in [-0.2, -0.15) is 9.78 Å². The van der Waals surface area contributed by atoms with E-state index in [1.807, 2.05) is 0 Å². The van der Waals surface area contributed by atoms with Crippen molar-refractivity contribution in [2.75, 3.05) is 13.1 Å². The van der Waals surface area contributed by atoms with Gasteiger partial charge in [0.1, 0.15) is 12.2 Å². The van der Waals surface area contributed by atoms with Crippen molar-refractivity contribution in [2.24, 2.45) is 0 Å². The van der Waals surface area contributed by atoms with Gasteiger partial charge >= 0.3 is 0 Å². The lowest BCUT2D eigenvalue weighted by Gasteiger charge is -2.31. The van der Waals surface area contributed by atoms with Crippen LogP contribution in [0.3, 0.4) is 0 Å². The average Bonchev–Trinajstić information content (AvgIpc) is 3.17. The first-order valence-corrected chi connectivity index (χ1v) is 11.1. The molecule has 1 fully saturated rings. The predicted molar refractivity (Wildman–Crippen MR) is 124 cm³/mol. The zero-order valence-corrected chi connectivity index (χ0v) is 18.7. The van der Waals surface area contributed by atoms with Crippen molar-refractivity contribution in [1.29, 1.82) is 5.26 Å². The van der Waals surface area contributed by atoms with Crippen LogP contribution in [0.4, 0.5) is 0 Å². The summed E-state index contributed by atoms with van der Waals surface area (Å²) in [7, 11) is 0. The maximum atomic E-state index is 12.9. The SMILES string of the molecule is N#Cc1c(OC2CCN(C(=O)c3ccc(Cl)cc3)CC2)nn2c(=O)c3cc(Cl)ccc3[nH]c12. The Balaban J connectivity index is 1.36. The molecule has 0 bridgehead atoms. The third kappa shape index (κ3) is 3.90. The highest BCUT2D eigenvalue weighted by atomic mass is 35.5. The summed E-state index contributed by atoms with van der Waals surface area (Å²) in [5, 5.41) is 15.3. The van der Waals surface area contributed by atoms with Gasteiger partial charge in [0.2, 0.25) is 0 Å². The van der Waals surface area contributed by atoms with Gasteiger partial charge in [0.05, 0.1) is 10.9 Å². The molecule has 4 aromatic rings. The van der Waals surface area contributed by atoms with Crippen molar-refractivity contribution in [3.05, 3.63) is 74.0 Å². The van der Waals surface area contributed by atoms with E-state index in [0.29, 0.717) is 52.4 Å². The van der Waals surface area contributed by atoms with Crippen LogP contribution < -0.4 is 10.3 Å². The van der Waals surface area contributed by atoms with Crippen LogP contribution in [0.15, 0.2) is 47.3 Å². The molecule has 1 amide bonds. The Morgan fingerprint density at radius 1 is 1.12 bits per heavy atom. The molecule has 8 nitrogen and oxygen atoms in total. The van der Waals surface area contributed by atoms with Gasteiger partial charge in [0.15, 0.2) is 11.2 Å². The summed E-state index contributed by atoms with van der Waals surface area (Å²) in [5.41, 5.74) is 1.16. The van der Waals surface area contributed by atoms with Gasteiger partial charge in [-0.25, -0.2) is 0 Å². The molecule has 10 heteroatoms. The normalized spacial score (nSPS) is 14.5. The molecule has 1 N–H and O–H groups in total. The van der Waals surface area contributed by atoms with E-state index in [2.05, 4.69) is 16.2 Å². The molecular formula is C23H17Cl2N5O3. The lowest BCUT2D eigenvalue weighted by Crippen LogP contribution is -2.41. The first kappa shape index (κ1) is 21.3. The number of aromatic amines is 1. The van der Waals surface area contributed by atoms with Crippen molar-refractivity contribution in [3.8, 4) is 11.9 Å². The summed E-state index contributed by atoms with van der Waals surface area (Å²) in [5.74, 6) is 0.0289. The highest BCUT2D eigenvalue weighted by Gasteiger charge is 2.27. The molecule has 0 atom stereocenters. The molecule has 1 aliphatic heterocycles. The zero-order valence-electron chi connectivity index (χ0n) is 17.2. The maximum Gasteiger partial charge on any atom is 0.282 e. The Morgan fingerprint density at radius 3 is 2.52 bits per heavy atom. The van der Waals surface area contributed by atoms with E-state index in [4.69, 9.17) is 27.9 Å². The van der Waals surface area contributed by atoms with E-state index in [9.17, 15) is 14.9 Å². The summed E-state index contributed by atoms with van der Waals surface area (Å²) in [4.78, 5) is 30.4. The number of nitriles is 1. The second kappa shape index (κ2) is 8.43. The molecule has 1 aliphatic rings. The Morgan fingerprint density at radius 2 is 1.82 bits per heavy atom. The molecule has 3 heterocycles. The van der Waals surface area contributed by atoms with E-state index in [-0.39, 0.29) is 29.1 Å². The number of H-pyrrole nitrogens is 1. The number of ether oxygens (including phenoxy) is 1. The first-order valence-electron chi connectivity index (χ1n) is 10.3. The molecule has 0 spiro atoms. The standard InChI is InChI=1S/C23H17Cl2N5O3/c24-14-3-1-13(2-4-14)22(31)29-9-7-16(8-10-29)33-21-18(12-26)20-27-19-6-5-15(25)11-17(19)23(32)30(20)28-21/h1-6,11,16,27H,7-10H2. The monoisotopic (exact) mass is 481 g/mol. The molecule has 0 saturated carbocycles. The van der Waals surface area contributed by atoms with Gasteiger partial charge in [-0.05, 0) is 42.5 Å². The number of likely N-dealkylation sites (tertiary alicyclic amines) is 1. The van der Waals surface area contributed by atoms with E-state index in [0.717, 1.165) is 4.52 Å². The number of piperidine rings is 1. The number of halogens is 2. The van der Waals surface area contributed by atoms with Gasteiger partial charge in [0.25, 0.3) is 17.3 Å². The van der Waals surface area contributed by atoms with Crippen LogP contribution in [0, 0.1) is 11.3 Å². The van der Waals surface area contributed by atoms with Crippen LogP contribution in [0.25, 0.3) is 16.6 Å². The number of carbonyl (C=O) groups is 1. The van der Waals surface area contributed by atoms with Crippen molar-refractivity contribution >= 4 is 45.7 Å². The quantitative estimate of drug-likeness (QED) is 0.475. The number of amides is 1. The van der Waals surface area contributed by atoms with Crippen molar-refractivity contribution in [2.45, 2.75) is 18.9 Å². The van der Waals surface area contributed by atoms with Gasteiger partial charge in [-0.15, -0.1) is 5.10 Å². The van der Waals surface area contributed by atoms with Gasteiger partial charge in [0, 0.05) is 41.5 Å². The predicted octanol–water partition coefficient (Wildman–Crippen LogP) is 4.04. The van der Waals surface area contributed by atoms with Crippen LogP contribution in [-0.4, -0.2) is 44.6 Å². The number of fused-ring (bicyclic) bond motifs is 2. The fourth-order valence-electron chi connectivity index (χ4n) is 4.00. The Labute approximate surface area is 197 Å². The van der Waals surface area contributed by atoms with Crippen LogP contribution in [-0.2, 0) is 0 Å². The smallest absolute Gasteiger partial charge is 0.282 e. The van der Waals surface area contributed by atoms with Gasteiger partial charge < -0.3 is 14.6 Å². The molecule has 2 aromatic carbocycles. The molecule has 1 saturated heterocycles. The number of hydrogen-bond donors (Lipinski definition) is 1. The van der Waals surface area contributed by atoms with Gasteiger partial charge in [-0.3, -0.25) is 9.59 Å². The topological polar surface area (TPSA) is 103 Å². The lowest BCUT2D eigenvalue weighted by atomic mass is 10.1. The second-order valence-electron chi connectivity index (χ2n) is 7.79. The fraction of sp³-hybridized carbons (Fsp3) is 0.217. The number of nitrogens with zero attached hydrogens (tertiary/aromatic N) is 4. The van der Waals surface area contributed by atoms with Crippen molar-refractivity contribution < 1.29 is 9.53 Å². The molecule has 2 aromatic heterocycles. The molecule has 0 radical (unpaired) electrons. The maximum absolute atomic E-state index is 12.9. The van der Waals surface area contributed by atoms with Crippen LogP contribution in [0.2, 0.25) is 10.0 Å². The number of rotatable bonds is 3. The molecule has 166 valence electrons. The average molecular weight is 482 g/mol. The van der Waals surface area contributed by atoms with Gasteiger partial charge in [-0.1, -0.05) is 23.2 Å². The summed E-state index contributed by atoms with van der Waals surface area (Å²) in [6.45, 7) is 1.01. The van der Waals surface area contributed by atoms with E-state index in [1.54, 1.807) is 47.4 Å². The molecule has 0 unspecified atom stereocenters. The third-order valence-corrected chi connectivity index (χ3v) is 6.21. The number of hydrogen-bond acceptors (Lipinski definition) is 5. The second-order valence-corrected chi connectivity index (χ2v) is 8.66. The summed E-state index contributed by atoms with van der Waals surface area (Å²) < 4.78 is 7.15. The number of aromatic nitrogens is 3. The minimum Gasteiger partial charge on any atom is -0.472 e. The first-order chi connectivity index (χ1) is 15.9. The molecule has 5 rings (SSSR count). The van der Waals surface area contributed by atoms with E-state index < -0.39 is 5.56 Å². The fourth-order valence-corrected chi connectivity index (χ4v) is 4.30. The highest BCUT2D eigenvalue weighted by Crippen LogP contribution is 2.26. The van der Waals surface area contributed by atoms with Crippen LogP contribution >= 0.6 is 23.2 Å². The van der Waals surface area contributed by atoms with Crippen LogP contribution in [0.1, 0.15) is 28.8 Å². The van der Waals surface area contributed by atoms with E-state index >= 15 is 0 Å². The van der Waals surface area contributed by atoms with Crippen molar-refractivity contribution in [1.82, 2.24) is 19.5 Å². The minimum atomic E-state index is -0.393. The molecular weight excluding hydrogens is 465 g/mol. The number of benzene rings is 2. The third-order valence-electron chi connectivity index (χ3n) is 5.72. The zero-order chi connectivity index (χ0) is 23.1. The highest BCUT2D eigenvalue weighted by molar-refractivity contribution is 6.31. The Hall–Kier alpha value is -3.54. The van der Waals surface area contributed by atoms with Crippen LogP contribution in [0.5, 0.6) is 5.88 Å². The molecule has 0 aliphatic carbocycles. The largest absolute Gasteiger partial charge is 0.472 e. The van der Waals surface area contributed by atoms with E-state index in [1.165, 1.54) is 0 Å². The minimum absolute atomic E-state index is 0.0634. The molecule has 33 heavy (non-hydrogen) atoms. The summed E-state index contributed by atoms with van der Waals surface area (Å²) in [6.07, 6.45) is 0.906. The summed E-state index contributed by atoms with van der Waals surface area (Å²) >= 11 is 11.9. The lowest BCUT2D eigenvalue weighted by molar-refractivity contribution is 0.0587. The Kier molecular flexibility index (Phi) is 5.44. The Bertz CT molecular complexity index is 1480. The number of nitrogens with one attached hydrogen (secondary N) is 1.